The smallest absolute Gasteiger partial charge is 0.191 e. The maximum Gasteiger partial charge on any atom is 0.191 e. The van der Waals surface area contributed by atoms with Gasteiger partial charge in [-0.3, -0.25) is 4.99 Å². The number of rotatable bonds is 9. The zero-order chi connectivity index (χ0) is 22.9. The predicted molar refractivity (Wildman–Crippen MR) is 128 cm³/mol. The maximum atomic E-state index is 5.59. The molecule has 1 aliphatic heterocycles. The summed E-state index contributed by atoms with van der Waals surface area (Å²) in [6, 6.07) is 12.2. The van der Waals surface area contributed by atoms with Gasteiger partial charge in [0.05, 0.1) is 27.9 Å². The Bertz CT molecular complexity index is 897. The highest BCUT2D eigenvalue weighted by Crippen LogP contribution is 2.30. The molecular weight excluding hydrogens is 408 g/mol. The first-order chi connectivity index (χ1) is 15.6. The first-order valence-electron chi connectivity index (χ1n) is 10.8. The molecule has 3 rings (SSSR count). The molecule has 0 saturated carbocycles. The van der Waals surface area contributed by atoms with Crippen molar-refractivity contribution in [3.8, 4) is 23.0 Å². The van der Waals surface area contributed by atoms with E-state index in [4.69, 9.17) is 18.9 Å². The van der Waals surface area contributed by atoms with Crippen LogP contribution in [-0.2, 0) is 6.54 Å². The normalized spacial score (nSPS) is 16.0. The Morgan fingerprint density at radius 1 is 1.03 bits per heavy atom. The fourth-order valence-electron chi connectivity index (χ4n) is 3.76. The minimum Gasteiger partial charge on any atom is -0.497 e. The van der Waals surface area contributed by atoms with Gasteiger partial charge in [-0.25, -0.2) is 0 Å². The van der Waals surface area contributed by atoms with Gasteiger partial charge in [-0.2, -0.15) is 0 Å². The number of ether oxygens (including phenoxy) is 4. The molecule has 0 bridgehead atoms. The lowest BCUT2D eigenvalue weighted by molar-refractivity contribution is 0.310. The molecule has 2 aromatic carbocycles. The number of aliphatic imine (C=N–C) groups is 1. The quantitative estimate of drug-likeness (QED) is 0.457. The molecule has 1 heterocycles. The number of hydrogen-bond acceptors (Lipinski definition) is 6. The molecule has 2 N–H and O–H groups in total. The van der Waals surface area contributed by atoms with Crippen LogP contribution in [0, 0.1) is 0 Å². The molecule has 1 saturated heterocycles. The Balaban J connectivity index is 1.57. The minimum absolute atomic E-state index is 0.285. The van der Waals surface area contributed by atoms with Gasteiger partial charge in [-0.1, -0.05) is 6.07 Å². The van der Waals surface area contributed by atoms with E-state index in [2.05, 4.69) is 20.5 Å². The standard InChI is InChI=1S/C24H34N4O4/c1-6-32-22-8-7-17(11-23(22)31-5)15-26-24(25-2)27-18-9-10-28(16-18)19-12-20(29-3)14-21(13-19)30-4/h7-8,11-14,18H,6,9-10,15-16H2,1-5H3,(H2,25,26,27). The number of nitrogens with zero attached hydrogens (tertiary/aromatic N) is 2. The molecule has 1 aliphatic rings. The highest BCUT2D eigenvalue weighted by atomic mass is 16.5. The Morgan fingerprint density at radius 3 is 2.41 bits per heavy atom. The second-order valence-corrected chi connectivity index (χ2v) is 7.49. The number of benzene rings is 2. The van der Waals surface area contributed by atoms with E-state index < -0.39 is 0 Å². The van der Waals surface area contributed by atoms with E-state index in [0.717, 1.165) is 59.7 Å². The van der Waals surface area contributed by atoms with Crippen molar-refractivity contribution >= 4 is 11.6 Å². The van der Waals surface area contributed by atoms with Gasteiger partial charge < -0.3 is 34.5 Å². The Morgan fingerprint density at radius 2 is 1.78 bits per heavy atom. The molecule has 1 unspecified atom stereocenters. The predicted octanol–water partition coefficient (Wildman–Crippen LogP) is 3.06. The fraction of sp³-hybridized carbons (Fsp3) is 0.458. The lowest BCUT2D eigenvalue weighted by atomic mass is 10.2. The topological polar surface area (TPSA) is 76.6 Å². The average molecular weight is 443 g/mol. The number of guanidine groups is 1. The van der Waals surface area contributed by atoms with E-state index in [1.54, 1.807) is 28.4 Å². The summed E-state index contributed by atoms with van der Waals surface area (Å²) in [6.07, 6.45) is 1.01. The minimum atomic E-state index is 0.285. The van der Waals surface area contributed by atoms with Gasteiger partial charge in [0.2, 0.25) is 0 Å². The van der Waals surface area contributed by atoms with Crippen LogP contribution in [0.2, 0.25) is 0 Å². The van der Waals surface area contributed by atoms with Crippen molar-refractivity contribution in [2.24, 2.45) is 4.99 Å². The van der Waals surface area contributed by atoms with E-state index in [1.807, 2.05) is 43.3 Å². The van der Waals surface area contributed by atoms with E-state index >= 15 is 0 Å². The van der Waals surface area contributed by atoms with Crippen LogP contribution in [-0.4, -0.2) is 60.1 Å². The molecule has 0 amide bonds. The monoisotopic (exact) mass is 442 g/mol. The van der Waals surface area contributed by atoms with E-state index in [1.165, 1.54) is 0 Å². The van der Waals surface area contributed by atoms with Crippen molar-refractivity contribution in [2.45, 2.75) is 25.9 Å². The van der Waals surface area contributed by atoms with Crippen LogP contribution in [0.15, 0.2) is 41.4 Å². The number of methoxy groups -OCH3 is 3. The molecular formula is C24H34N4O4. The summed E-state index contributed by atoms with van der Waals surface area (Å²) < 4.78 is 21.9. The van der Waals surface area contributed by atoms with Gasteiger partial charge in [-0.05, 0) is 31.0 Å². The molecule has 0 aliphatic carbocycles. The van der Waals surface area contributed by atoms with Crippen LogP contribution in [0.5, 0.6) is 23.0 Å². The molecule has 8 nitrogen and oxygen atoms in total. The van der Waals surface area contributed by atoms with Crippen LogP contribution in [0.1, 0.15) is 18.9 Å². The van der Waals surface area contributed by atoms with Crippen molar-refractivity contribution in [1.29, 1.82) is 0 Å². The third-order valence-corrected chi connectivity index (χ3v) is 5.44. The van der Waals surface area contributed by atoms with Crippen molar-refractivity contribution in [3.05, 3.63) is 42.0 Å². The van der Waals surface area contributed by atoms with Crippen LogP contribution < -0.4 is 34.5 Å². The van der Waals surface area contributed by atoms with E-state index in [9.17, 15) is 0 Å². The van der Waals surface area contributed by atoms with Gasteiger partial charge in [0.25, 0.3) is 0 Å². The highest BCUT2D eigenvalue weighted by Gasteiger charge is 2.24. The SMILES string of the molecule is CCOc1ccc(CNC(=NC)NC2CCN(c3cc(OC)cc(OC)c3)C2)cc1OC. The molecule has 0 radical (unpaired) electrons. The molecule has 0 aromatic heterocycles. The Hall–Kier alpha value is -3.29. The second-order valence-electron chi connectivity index (χ2n) is 7.49. The second kappa shape index (κ2) is 11.4. The molecule has 174 valence electrons. The summed E-state index contributed by atoms with van der Waals surface area (Å²) >= 11 is 0. The van der Waals surface area contributed by atoms with Gasteiger partial charge >= 0.3 is 0 Å². The Kier molecular flexibility index (Phi) is 8.30. The third kappa shape index (κ3) is 5.90. The van der Waals surface area contributed by atoms with Crippen LogP contribution in [0.4, 0.5) is 5.69 Å². The molecule has 8 heteroatoms. The van der Waals surface area contributed by atoms with Crippen molar-refractivity contribution in [1.82, 2.24) is 10.6 Å². The van der Waals surface area contributed by atoms with Crippen molar-refractivity contribution < 1.29 is 18.9 Å². The van der Waals surface area contributed by atoms with Gasteiger partial charge in [-0.15, -0.1) is 0 Å². The summed E-state index contributed by atoms with van der Waals surface area (Å²) in [6.45, 7) is 5.01. The van der Waals surface area contributed by atoms with Gasteiger partial charge in [0.1, 0.15) is 11.5 Å². The first kappa shape index (κ1) is 23.4. The summed E-state index contributed by atoms with van der Waals surface area (Å²) in [5, 5.41) is 6.92. The molecule has 1 atom stereocenters. The third-order valence-electron chi connectivity index (χ3n) is 5.44. The highest BCUT2D eigenvalue weighted by molar-refractivity contribution is 5.80. The largest absolute Gasteiger partial charge is 0.497 e. The lowest BCUT2D eigenvalue weighted by Gasteiger charge is -2.21. The number of hydrogen-bond donors (Lipinski definition) is 2. The van der Waals surface area contributed by atoms with Crippen LogP contribution in [0.3, 0.4) is 0 Å². The first-order valence-corrected chi connectivity index (χ1v) is 10.8. The zero-order valence-electron chi connectivity index (χ0n) is 19.6. The number of nitrogens with one attached hydrogen (secondary N) is 2. The molecule has 2 aromatic rings. The number of anilines is 1. The molecule has 1 fully saturated rings. The molecule has 0 spiro atoms. The fourth-order valence-corrected chi connectivity index (χ4v) is 3.76. The lowest BCUT2D eigenvalue weighted by Crippen LogP contribution is -2.44. The summed E-state index contributed by atoms with van der Waals surface area (Å²) in [5.41, 5.74) is 2.18. The summed E-state index contributed by atoms with van der Waals surface area (Å²) in [5.74, 6) is 3.83. The van der Waals surface area contributed by atoms with E-state index in [-0.39, 0.29) is 6.04 Å². The maximum absolute atomic E-state index is 5.59. The van der Waals surface area contributed by atoms with Gasteiger partial charge in [0, 0.05) is 56.6 Å². The van der Waals surface area contributed by atoms with Crippen molar-refractivity contribution in [2.75, 3.05) is 53.0 Å². The van der Waals surface area contributed by atoms with E-state index in [0.29, 0.717) is 13.2 Å². The average Bonchev–Trinajstić information content (AvgIpc) is 3.30. The van der Waals surface area contributed by atoms with Gasteiger partial charge in [0.15, 0.2) is 17.5 Å². The van der Waals surface area contributed by atoms with Crippen LogP contribution >= 0.6 is 0 Å². The Labute approximate surface area is 190 Å². The summed E-state index contributed by atoms with van der Waals surface area (Å²) in [7, 11) is 6.78. The summed E-state index contributed by atoms with van der Waals surface area (Å²) in [4.78, 5) is 6.72. The molecule has 32 heavy (non-hydrogen) atoms. The zero-order valence-corrected chi connectivity index (χ0v) is 19.6. The van der Waals surface area contributed by atoms with Crippen LogP contribution in [0.25, 0.3) is 0 Å². The van der Waals surface area contributed by atoms with Crippen molar-refractivity contribution in [3.63, 3.8) is 0 Å².